The van der Waals surface area contributed by atoms with Gasteiger partial charge in [-0.15, -0.1) is 0 Å². The molecule has 0 radical (unpaired) electrons. The van der Waals surface area contributed by atoms with E-state index >= 15 is 0 Å². The minimum absolute atomic E-state index is 0.180. The highest BCUT2D eigenvalue weighted by molar-refractivity contribution is 5.97. The SMILES string of the molecule is Cc1cc(C(=O)N[C@@H](CC(C)C)C(=O)O)c(C)nn1. The molecule has 1 aromatic rings. The van der Waals surface area contributed by atoms with E-state index < -0.39 is 17.9 Å². The number of hydrogen-bond donors (Lipinski definition) is 2. The van der Waals surface area contributed by atoms with Gasteiger partial charge in [0.15, 0.2) is 0 Å². The van der Waals surface area contributed by atoms with E-state index in [0.717, 1.165) is 0 Å². The standard InChI is InChI=1S/C13H19N3O3/c1-7(2)5-11(13(18)19)14-12(17)10-6-8(3)15-16-9(10)4/h6-7,11H,5H2,1-4H3,(H,14,17)(H,18,19)/t11-/m0/s1. The molecule has 0 aliphatic heterocycles. The zero-order chi connectivity index (χ0) is 14.6. The largest absolute Gasteiger partial charge is 0.480 e. The summed E-state index contributed by atoms with van der Waals surface area (Å²) in [6.45, 7) is 7.21. The van der Waals surface area contributed by atoms with E-state index in [2.05, 4.69) is 15.5 Å². The number of aryl methyl sites for hydroxylation is 2. The van der Waals surface area contributed by atoms with Crippen LogP contribution in [0.25, 0.3) is 0 Å². The summed E-state index contributed by atoms with van der Waals surface area (Å²) in [5, 5.41) is 19.3. The molecule has 1 aromatic heterocycles. The van der Waals surface area contributed by atoms with Gasteiger partial charge in [0, 0.05) is 0 Å². The second-order valence-electron chi connectivity index (χ2n) is 4.98. The third-order valence-corrected chi connectivity index (χ3v) is 2.66. The third-order valence-electron chi connectivity index (χ3n) is 2.66. The maximum atomic E-state index is 12.1. The van der Waals surface area contributed by atoms with Crippen LogP contribution in [0.15, 0.2) is 6.07 Å². The monoisotopic (exact) mass is 265 g/mol. The smallest absolute Gasteiger partial charge is 0.326 e. The van der Waals surface area contributed by atoms with Gasteiger partial charge >= 0.3 is 5.97 Å². The molecule has 6 nitrogen and oxygen atoms in total. The number of carbonyl (C=O) groups excluding carboxylic acids is 1. The van der Waals surface area contributed by atoms with Crippen molar-refractivity contribution in [3.05, 3.63) is 23.0 Å². The summed E-state index contributed by atoms with van der Waals surface area (Å²) in [4.78, 5) is 23.2. The van der Waals surface area contributed by atoms with E-state index in [0.29, 0.717) is 23.4 Å². The average molecular weight is 265 g/mol. The van der Waals surface area contributed by atoms with Gasteiger partial charge in [-0.05, 0) is 32.3 Å². The van der Waals surface area contributed by atoms with Crippen LogP contribution < -0.4 is 5.32 Å². The van der Waals surface area contributed by atoms with Gasteiger partial charge in [0.25, 0.3) is 5.91 Å². The van der Waals surface area contributed by atoms with Crippen molar-refractivity contribution in [1.29, 1.82) is 0 Å². The second-order valence-corrected chi connectivity index (χ2v) is 4.98. The van der Waals surface area contributed by atoms with Crippen molar-refractivity contribution in [2.45, 2.75) is 40.2 Å². The van der Waals surface area contributed by atoms with Crippen LogP contribution in [-0.2, 0) is 4.79 Å². The van der Waals surface area contributed by atoms with Gasteiger partial charge in [-0.3, -0.25) is 4.79 Å². The molecule has 0 aliphatic carbocycles. The Morgan fingerprint density at radius 2 is 1.95 bits per heavy atom. The van der Waals surface area contributed by atoms with E-state index in [1.54, 1.807) is 19.9 Å². The Labute approximate surface area is 112 Å². The molecule has 0 fully saturated rings. The Hall–Kier alpha value is -1.98. The lowest BCUT2D eigenvalue weighted by Gasteiger charge is -2.17. The topological polar surface area (TPSA) is 92.2 Å². The fourth-order valence-electron chi connectivity index (χ4n) is 1.71. The normalized spacial score (nSPS) is 12.3. The van der Waals surface area contributed by atoms with Crippen LogP contribution in [0.5, 0.6) is 0 Å². The first-order chi connectivity index (χ1) is 8.81. The number of rotatable bonds is 5. The van der Waals surface area contributed by atoms with Crippen molar-refractivity contribution < 1.29 is 14.7 Å². The summed E-state index contributed by atoms with van der Waals surface area (Å²) in [5.41, 5.74) is 1.46. The highest BCUT2D eigenvalue weighted by Gasteiger charge is 2.22. The van der Waals surface area contributed by atoms with Crippen molar-refractivity contribution in [1.82, 2.24) is 15.5 Å². The molecule has 0 aliphatic rings. The van der Waals surface area contributed by atoms with Crippen molar-refractivity contribution in [2.24, 2.45) is 5.92 Å². The minimum Gasteiger partial charge on any atom is -0.480 e. The number of carboxylic acid groups (broad SMARTS) is 1. The molecule has 0 saturated carbocycles. The molecule has 19 heavy (non-hydrogen) atoms. The first-order valence-corrected chi connectivity index (χ1v) is 6.15. The minimum atomic E-state index is -1.03. The van der Waals surface area contributed by atoms with Crippen LogP contribution in [0.3, 0.4) is 0 Å². The Kier molecular flexibility index (Phi) is 4.97. The quantitative estimate of drug-likeness (QED) is 0.837. The van der Waals surface area contributed by atoms with Gasteiger partial charge in [-0.25, -0.2) is 4.79 Å². The van der Waals surface area contributed by atoms with Crippen LogP contribution in [0.1, 0.15) is 42.0 Å². The lowest BCUT2D eigenvalue weighted by molar-refractivity contribution is -0.139. The zero-order valence-corrected chi connectivity index (χ0v) is 11.6. The first-order valence-electron chi connectivity index (χ1n) is 6.15. The van der Waals surface area contributed by atoms with Gasteiger partial charge in [0.1, 0.15) is 6.04 Å². The maximum absolute atomic E-state index is 12.1. The number of aromatic nitrogens is 2. The van der Waals surface area contributed by atoms with E-state index in [9.17, 15) is 9.59 Å². The molecule has 0 spiro atoms. The number of carbonyl (C=O) groups is 2. The second kappa shape index (κ2) is 6.26. The number of aliphatic carboxylic acids is 1. The van der Waals surface area contributed by atoms with E-state index in [4.69, 9.17) is 5.11 Å². The molecule has 2 N–H and O–H groups in total. The van der Waals surface area contributed by atoms with Crippen LogP contribution in [0.4, 0.5) is 0 Å². The van der Waals surface area contributed by atoms with Gasteiger partial charge in [0.05, 0.1) is 17.0 Å². The highest BCUT2D eigenvalue weighted by atomic mass is 16.4. The molecule has 6 heteroatoms. The lowest BCUT2D eigenvalue weighted by atomic mass is 10.0. The van der Waals surface area contributed by atoms with Crippen LogP contribution >= 0.6 is 0 Å². The molecule has 0 bridgehead atoms. The van der Waals surface area contributed by atoms with E-state index in [1.807, 2.05) is 13.8 Å². The molecule has 0 saturated heterocycles. The molecule has 1 heterocycles. The maximum Gasteiger partial charge on any atom is 0.326 e. The number of amides is 1. The Bertz CT molecular complexity index is 486. The Morgan fingerprint density at radius 1 is 1.32 bits per heavy atom. The Morgan fingerprint density at radius 3 is 2.47 bits per heavy atom. The van der Waals surface area contributed by atoms with Crippen LogP contribution in [0.2, 0.25) is 0 Å². The zero-order valence-electron chi connectivity index (χ0n) is 11.6. The lowest BCUT2D eigenvalue weighted by Crippen LogP contribution is -2.42. The van der Waals surface area contributed by atoms with Crippen molar-refractivity contribution in [3.63, 3.8) is 0 Å². The van der Waals surface area contributed by atoms with Crippen LogP contribution in [-0.4, -0.2) is 33.2 Å². The molecule has 104 valence electrons. The summed E-state index contributed by atoms with van der Waals surface area (Å²) in [5.74, 6) is -1.28. The third kappa shape index (κ3) is 4.31. The predicted molar refractivity (Wildman–Crippen MR) is 69.9 cm³/mol. The van der Waals surface area contributed by atoms with Crippen LogP contribution in [0, 0.1) is 19.8 Å². The fraction of sp³-hybridized carbons (Fsp3) is 0.538. The molecular formula is C13H19N3O3. The Balaban J connectivity index is 2.87. The van der Waals surface area contributed by atoms with Crippen molar-refractivity contribution in [3.8, 4) is 0 Å². The fourth-order valence-corrected chi connectivity index (χ4v) is 1.71. The van der Waals surface area contributed by atoms with E-state index in [1.165, 1.54) is 0 Å². The van der Waals surface area contributed by atoms with Crippen molar-refractivity contribution >= 4 is 11.9 Å². The predicted octanol–water partition coefficient (Wildman–Crippen LogP) is 1.32. The van der Waals surface area contributed by atoms with Crippen molar-refractivity contribution in [2.75, 3.05) is 0 Å². The molecule has 1 rings (SSSR count). The summed E-state index contributed by atoms with van der Waals surface area (Å²) in [6.07, 6.45) is 0.387. The number of nitrogens with zero attached hydrogens (tertiary/aromatic N) is 2. The molecule has 0 aromatic carbocycles. The first kappa shape index (κ1) is 15.1. The van der Waals surface area contributed by atoms with Gasteiger partial charge in [-0.1, -0.05) is 13.8 Å². The summed E-state index contributed by atoms with van der Waals surface area (Å²) in [7, 11) is 0. The molecule has 0 unspecified atom stereocenters. The molecule has 1 amide bonds. The highest BCUT2D eigenvalue weighted by Crippen LogP contribution is 2.09. The van der Waals surface area contributed by atoms with Gasteiger partial charge < -0.3 is 10.4 Å². The van der Waals surface area contributed by atoms with Gasteiger partial charge in [-0.2, -0.15) is 10.2 Å². The number of nitrogens with one attached hydrogen (secondary N) is 1. The number of carboxylic acids is 1. The summed E-state index contributed by atoms with van der Waals surface area (Å²) in [6, 6.07) is 0.715. The average Bonchev–Trinajstić information content (AvgIpc) is 2.30. The molecule has 1 atom stereocenters. The van der Waals surface area contributed by atoms with E-state index in [-0.39, 0.29) is 5.92 Å². The van der Waals surface area contributed by atoms with Gasteiger partial charge in [0.2, 0.25) is 0 Å². The number of hydrogen-bond acceptors (Lipinski definition) is 4. The summed E-state index contributed by atoms with van der Waals surface area (Å²) >= 11 is 0. The molecular weight excluding hydrogens is 246 g/mol. The summed E-state index contributed by atoms with van der Waals surface area (Å²) < 4.78 is 0.